The number of benzene rings is 4. The molecule has 0 saturated heterocycles. The summed E-state index contributed by atoms with van der Waals surface area (Å²) in [5.41, 5.74) is -0.0644. The Labute approximate surface area is 256 Å². The summed E-state index contributed by atoms with van der Waals surface area (Å²) in [6.45, 7) is 2.39. The number of para-hydroxylation sites is 1. The molecule has 17 heteroatoms. The average molecular weight is 656 g/mol. The Kier molecular flexibility index (Phi) is 8.44. The van der Waals surface area contributed by atoms with Crippen LogP contribution in [0.4, 0.5) is 34.6 Å². The molecule has 0 radical (unpaired) electrons. The van der Waals surface area contributed by atoms with E-state index in [4.69, 9.17) is 11.6 Å². The third kappa shape index (κ3) is 6.43. The molecule has 0 bridgehead atoms. The van der Waals surface area contributed by atoms with Crippen LogP contribution in [0, 0.1) is 0 Å². The Bertz CT molecular complexity index is 2130. The fourth-order valence-corrected chi connectivity index (χ4v) is 5.78. The predicted octanol–water partition coefficient (Wildman–Crippen LogP) is 6.19. The van der Waals surface area contributed by atoms with Gasteiger partial charge in [0.2, 0.25) is 17.2 Å². The summed E-state index contributed by atoms with van der Waals surface area (Å²) in [5.74, 6) is -0.511. The second-order valence-electron chi connectivity index (χ2n) is 9.03. The monoisotopic (exact) mass is 655 g/mol. The van der Waals surface area contributed by atoms with Gasteiger partial charge in [0, 0.05) is 17.6 Å². The van der Waals surface area contributed by atoms with E-state index in [1.54, 1.807) is 11.0 Å². The van der Waals surface area contributed by atoms with Crippen molar-refractivity contribution >= 4 is 77.3 Å². The second-order valence-corrected chi connectivity index (χ2v) is 12.1. The summed E-state index contributed by atoms with van der Waals surface area (Å²) in [6.07, 6.45) is 0. The van der Waals surface area contributed by atoms with Gasteiger partial charge in [0.25, 0.3) is 20.2 Å². The van der Waals surface area contributed by atoms with E-state index in [1.165, 1.54) is 30.3 Å². The molecule has 0 unspecified atom stereocenters. The van der Waals surface area contributed by atoms with Crippen LogP contribution in [-0.2, 0) is 20.2 Å². The summed E-state index contributed by atoms with van der Waals surface area (Å²) in [7, 11) is -9.69. The number of halogens is 1. The maximum Gasteiger partial charge on any atom is 0.296 e. The van der Waals surface area contributed by atoms with Crippen LogP contribution in [0.5, 0.6) is 5.75 Å². The molecular formula is C27H22ClN7O7S2. The zero-order chi connectivity index (χ0) is 31.6. The highest BCUT2D eigenvalue weighted by Gasteiger charge is 2.24. The fourth-order valence-electron chi connectivity index (χ4n) is 4.34. The van der Waals surface area contributed by atoms with Crippen molar-refractivity contribution in [2.45, 2.75) is 16.7 Å². The Morgan fingerprint density at radius 2 is 1.52 bits per heavy atom. The van der Waals surface area contributed by atoms with E-state index in [1.807, 2.05) is 37.3 Å². The van der Waals surface area contributed by atoms with Crippen LogP contribution in [0.15, 0.2) is 98.9 Å². The number of nitrogens with one attached hydrogen (secondary N) is 1. The second kappa shape index (κ2) is 12.1. The average Bonchev–Trinajstić information content (AvgIpc) is 2.96. The SMILES string of the molecule is CCN(c1ccccc1)c1nc(Cl)nc(Nc2cccc3cc(S(=O)(=O)O)c(/N=N/c4ccccc4S(=O)(=O)O)c(O)c23)n1. The normalized spacial score (nSPS) is 12.1. The van der Waals surface area contributed by atoms with Gasteiger partial charge in [0.1, 0.15) is 21.2 Å². The smallest absolute Gasteiger partial charge is 0.296 e. The highest BCUT2D eigenvalue weighted by molar-refractivity contribution is 7.86. The van der Waals surface area contributed by atoms with Crippen LogP contribution >= 0.6 is 11.6 Å². The van der Waals surface area contributed by atoms with Crippen LogP contribution < -0.4 is 10.2 Å². The van der Waals surface area contributed by atoms with Crippen molar-refractivity contribution in [2.24, 2.45) is 10.2 Å². The van der Waals surface area contributed by atoms with Crippen LogP contribution in [0.3, 0.4) is 0 Å². The molecule has 4 aromatic carbocycles. The summed E-state index contributed by atoms with van der Waals surface area (Å²) >= 11 is 6.23. The van der Waals surface area contributed by atoms with Gasteiger partial charge in [-0.3, -0.25) is 9.11 Å². The molecule has 4 N–H and O–H groups in total. The fraction of sp³-hybridized carbons (Fsp3) is 0.0741. The van der Waals surface area contributed by atoms with Crippen molar-refractivity contribution in [1.29, 1.82) is 0 Å². The minimum absolute atomic E-state index is 0.00889. The summed E-state index contributed by atoms with van der Waals surface area (Å²) in [6, 6.07) is 19.9. The van der Waals surface area contributed by atoms with Crippen molar-refractivity contribution in [3.05, 3.63) is 84.1 Å². The number of nitrogens with zero attached hydrogens (tertiary/aromatic N) is 6. The molecule has 1 heterocycles. The van der Waals surface area contributed by atoms with Crippen molar-refractivity contribution < 1.29 is 31.0 Å². The van der Waals surface area contributed by atoms with Crippen molar-refractivity contribution in [1.82, 2.24) is 15.0 Å². The van der Waals surface area contributed by atoms with Gasteiger partial charge in [-0.05, 0) is 60.3 Å². The van der Waals surface area contributed by atoms with Gasteiger partial charge in [-0.15, -0.1) is 10.2 Å². The Balaban J connectivity index is 1.64. The molecule has 14 nitrogen and oxygen atoms in total. The maximum absolute atomic E-state index is 12.3. The van der Waals surface area contributed by atoms with E-state index >= 15 is 0 Å². The van der Waals surface area contributed by atoms with Gasteiger partial charge in [0.15, 0.2) is 5.75 Å². The van der Waals surface area contributed by atoms with E-state index < -0.39 is 41.5 Å². The molecule has 44 heavy (non-hydrogen) atoms. The molecule has 1 aromatic heterocycles. The van der Waals surface area contributed by atoms with Gasteiger partial charge < -0.3 is 15.3 Å². The number of anilines is 4. The molecule has 0 spiro atoms. The lowest BCUT2D eigenvalue weighted by molar-refractivity contribution is 0.472. The van der Waals surface area contributed by atoms with Gasteiger partial charge in [-0.1, -0.05) is 42.5 Å². The van der Waals surface area contributed by atoms with Gasteiger partial charge in [-0.25, -0.2) is 0 Å². The molecule has 0 aliphatic heterocycles. The number of phenols is 1. The van der Waals surface area contributed by atoms with Gasteiger partial charge in [0.05, 0.1) is 5.69 Å². The number of aromatic hydroxyl groups is 1. The molecule has 0 fully saturated rings. The van der Waals surface area contributed by atoms with Gasteiger partial charge in [-0.2, -0.15) is 31.8 Å². The third-order valence-electron chi connectivity index (χ3n) is 6.22. The van der Waals surface area contributed by atoms with Crippen molar-refractivity contribution in [3.63, 3.8) is 0 Å². The van der Waals surface area contributed by atoms with E-state index in [2.05, 4.69) is 30.5 Å². The van der Waals surface area contributed by atoms with E-state index in [-0.39, 0.29) is 39.3 Å². The number of aromatic nitrogens is 3. The molecular weight excluding hydrogens is 634 g/mol. The minimum Gasteiger partial charge on any atom is -0.505 e. The Morgan fingerprint density at radius 3 is 2.20 bits per heavy atom. The lowest BCUT2D eigenvalue weighted by atomic mass is 10.1. The van der Waals surface area contributed by atoms with E-state index in [0.717, 1.165) is 17.8 Å². The quantitative estimate of drug-likeness (QED) is 0.103. The molecule has 0 aliphatic rings. The summed E-state index contributed by atoms with van der Waals surface area (Å²) < 4.78 is 67.6. The number of azo groups is 1. The number of rotatable bonds is 9. The number of phenolic OH excluding ortho intramolecular Hbond substituents is 1. The van der Waals surface area contributed by atoms with Crippen LogP contribution in [-0.4, -0.2) is 52.5 Å². The van der Waals surface area contributed by atoms with E-state index in [9.17, 15) is 31.0 Å². The first kappa shape index (κ1) is 30.7. The summed E-state index contributed by atoms with van der Waals surface area (Å²) in [4.78, 5) is 13.2. The Hall–Kier alpha value is -4.74. The molecule has 0 amide bonds. The topological polar surface area (TPSA) is 208 Å². The number of hydrogen-bond donors (Lipinski definition) is 4. The predicted molar refractivity (Wildman–Crippen MR) is 163 cm³/mol. The lowest BCUT2D eigenvalue weighted by Crippen LogP contribution is -2.19. The molecule has 5 rings (SSSR count). The maximum atomic E-state index is 12.3. The van der Waals surface area contributed by atoms with Gasteiger partial charge >= 0.3 is 0 Å². The molecule has 0 aliphatic carbocycles. The minimum atomic E-state index is -4.97. The third-order valence-corrected chi connectivity index (χ3v) is 8.16. The molecule has 0 atom stereocenters. The first-order valence-corrected chi connectivity index (χ1v) is 15.9. The molecule has 5 aromatic rings. The lowest BCUT2D eigenvalue weighted by Gasteiger charge is -2.21. The zero-order valence-electron chi connectivity index (χ0n) is 22.6. The largest absolute Gasteiger partial charge is 0.505 e. The standard InChI is InChI=1S/C27H22ClN7O7S2/c1-2-35(17-10-4-3-5-11-17)27-31-25(28)30-26(32-27)29-19-13-8-9-16-15-21(44(40,41)42)23(24(36)22(16)19)34-33-18-12-6-7-14-20(18)43(37,38)39/h3-15,36H,2H2,1H3,(H,37,38,39)(H,40,41,42)(H,29,30,31,32)/b34-33+. The van der Waals surface area contributed by atoms with Crippen molar-refractivity contribution in [2.75, 3.05) is 16.8 Å². The first-order chi connectivity index (χ1) is 20.9. The van der Waals surface area contributed by atoms with E-state index in [0.29, 0.717) is 6.54 Å². The summed E-state index contributed by atoms with van der Waals surface area (Å²) in [5, 5.41) is 21.9. The zero-order valence-corrected chi connectivity index (χ0v) is 25.0. The van der Waals surface area contributed by atoms with Crippen molar-refractivity contribution in [3.8, 4) is 5.75 Å². The highest BCUT2D eigenvalue weighted by Crippen LogP contribution is 2.45. The molecule has 226 valence electrons. The Morgan fingerprint density at radius 1 is 0.841 bits per heavy atom. The highest BCUT2D eigenvalue weighted by atomic mass is 35.5. The number of hydrogen-bond acceptors (Lipinski definition) is 12. The first-order valence-electron chi connectivity index (χ1n) is 12.6. The number of fused-ring (bicyclic) bond motifs is 1. The van der Waals surface area contributed by atoms with Crippen LogP contribution in [0.1, 0.15) is 6.92 Å². The van der Waals surface area contributed by atoms with Crippen LogP contribution in [0.2, 0.25) is 5.28 Å². The van der Waals surface area contributed by atoms with Crippen LogP contribution in [0.25, 0.3) is 10.8 Å². The molecule has 0 saturated carbocycles.